The number of nitrogens with zero attached hydrogens (tertiary/aromatic N) is 4. The maximum Gasteiger partial charge on any atom is 0.232 e. The lowest BCUT2D eigenvalue weighted by Crippen LogP contribution is -2.37. The third kappa shape index (κ3) is 2.30. The van der Waals surface area contributed by atoms with Gasteiger partial charge in [0.05, 0.1) is 13.2 Å². The first kappa shape index (κ1) is 10.9. The summed E-state index contributed by atoms with van der Waals surface area (Å²) in [5, 5.41) is 5.84. The molecule has 16 heavy (non-hydrogen) atoms. The van der Waals surface area contributed by atoms with Crippen LogP contribution in [0.4, 0.5) is 17.8 Å². The molecule has 0 radical (unpaired) electrons. The molecule has 1 aliphatic heterocycles. The molecule has 88 valence electrons. The maximum absolute atomic E-state index is 5.29. The van der Waals surface area contributed by atoms with Crippen LogP contribution in [0, 0.1) is 0 Å². The van der Waals surface area contributed by atoms with E-state index in [1.54, 1.807) is 14.1 Å². The summed E-state index contributed by atoms with van der Waals surface area (Å²) >= 11 is 0. The number of morpholine rings is 1. The van der Waals surface area contributed by atoms with Crippen LogP contribution in [-0.2, 0) is 4.74 Å². The Morgan fingerprint density at radius 3 is 2.06 bits per heavy atom. The van der Waals surface area contributed by atoms with Crippen molar-refractivity contribution >= 4 is 17.8 Å². The van der Waals surface area contributed by atoms with Crippen LogP contribution in [0.5, 0.6) is 0 Å². The monoisotopic (exact) mass is 224 g/mol. The molecule has 0 aliphatic carbocycles. The Hall–Kier alpha value is -1.63. The summed E-state index contributed by atoms with van der Waals surface area (Å²) < 4.78 is 5.29. The molecule has 1 saturated heterocycles. The molecule has 0 unspecified atom stereocenters. The minimum Gasteiger partial charge on any atom is -0.378 e. The third-order valence-electron chi connectivity index (χ3n) is 2.36. The number of ether oxygens (including phenoxy) is 1. The molecule has 0 aromatic carbocycles. The lowest BCUT2D eigenvalue weighted by atomic mass is 10.4. The number of aromatic nitrogens is 3. The summed E-state index contributed by atoms with van der Waals surface area (Å²) in [5.41, 5.74) is 0. The van der Waals surface area contributed by atoms with Crippen LogP contribution in [0.2, 0.25) is 0 Å². The zero-order chi connectivity index (χ0) is 11.4. The quantitative estimate of drug-likeness (QED) is 0.735. The molecule has 1 aliphatic rings. The number of anilines is 3. The van der Waals surface area contributed by atoms with Gasteiger partial charge in [-0.15, -0.1) is 0 Å². The highest BCUT2D eigenvalue weighted by atomic mass is 16.5. The smallest absolute Gasteiger partial charge is 0.232 e. The van der Waals surface area contributed by atoms with Crippen LogP contribution in [0.1, 0.15) is 0 Å². The van der Waals surface area contributed by atoms with Crippen molar-refractivity contribution in [1.82, 2.24) is 15.0 Å². The first-order valence-corrected chi connectivity index (χ1v) is 5.28. The van der Waals surface area contributed by atoms with Gasteiger partial charge in [-0.25, -0.2) is 0 Å². The molecule has 0 spiro atoms. The molecule has 0 bridgehead atoms. The molecule has 7 nitrogen and oxygen atoms in total. The molecule has 2 N–H and O–H groups in total. The Balaban J connectivity index is 2.24. The minimum absolute atomic E-state index is 0.570. The molecular weight excluding hydrogens is 208 g/mol. The van der Waals surface area contributed by atoms with E-state index >= 15 is 0 Å². The average molecular weight is 224 g/mol. The molecule has 1 aromatic heterocycles. The zero-order valence-electron chi connectivity index (χ0n) is 9.53. The standard InChI is InChI=1S/C9H16N6O/c1-10-7-12-8(11-2)14-9(13-7)15-3-5-16-6-4-15/h3-6H2,1-2H3,(H2,10,11,12,13,14). The van der Waals surface area contributed by atoms with Crippen molar-refractivity contribution in [1.29, 1.82) is 0 Å². The molecular formula is C9H16N6O. The molecule has 1 aromatic rings. The van der Waals surface area contributed by atoms with Gasteiger partial charge < -0.3 is 20.3 Å². The second kappa shape index (κ2) is 4.93. The molecule has 0 atom stereocenters. The Morgan fingerprint density at radius 2 is 1.56 bits per heavy atom. The summed E-state index contributed by atoms with van der Waals surface area (Å²) in [6, 6.07) is 0. The number of nitrogens with one attached hydrogen (secondary N) is 2. The van der Waals surface area contributed by atoms with E-state index in [9.17, 15) is 0 Å². The molecule has 2 heterocycles. The van der Waals surface area contributed by atoms with Gasteiger partial charge in [0.25, 0.3) is 0 Å². The van der Waals surface area contributed by atoms with E-state index in [1.165, 1.54) is 0 Å². The van der Waals surface area contributed by atoms with Gasteiger partial charge in [0.15, 0.2) is 0 Å². The highest BCUT2D eigenvalue weighted by molar-refractivity contribution is 5.43. The molecule has 0 saturated carbocycles. The van der Waals surface area contributed by atoms with E-state index in [1.807, 2.05) is 0 Å². The highest BCUT2D eigenvalue weighted by Gasteiger charge is 2.15. The van der Waals surface area contributed by atoms with E-state index in [0.717, 1.165) is 26.3 Å². The summed E-state index contributed by atoms with van der Waals surface area (Å²) in [6.07, 6.45) is 0. The fraction of sp³-hybridized carbons (Fsp3) is 0.667. The van der Waals surface area contributed by atoms with E-state index in [4.69, 9.17) is 4.74 Å². The van der Waals surface area contributed by atoms with Gasteiger partial charge in [-0.3, -0.25) is 0 Å². The SMILES string of the molecule is CNc1nc(NC)nc(N2CCOCC2)n1. The van der Waals surface area contributed by atoms with Crippen molar-refractivity contribution in [2.24, 2.45) is 0 Å². The number of hydrogen-bond acceptors (Lipinski definition) is 7. The molecule has 1 fully saturated rings. The van der Waals surface area contributed by atoms with Crippen molar-refractivity contribution in [2.45, 2.75) is 0 Å². The van der Waals surface area contributed by atoms with Crippen LogP contribution < -0.4 is 15.5 Å². The highest BCUT2D eigenvalue weighted by Crippen LogP contribution is 2.14. The second-order valence-corrected chi connectivity index (χ2v) is 3.38. The van der Waals surface area contributed by atoms with Gasteiger partial charge in [-0.1, -0.05) is 0 Å². The fourth-order valence-electron chi connectivity index (χ4n) is 1.49. The zero-order valence-corrected chi connectivity index (χ0v) is 9.53. The number of hydrogen-bond donors (Lipinski definition) is 2. The van der Waals surface area contributed by atoms with E-state index in [0.29, 0.717) is 17.8 Å². The summed E-state index contributed by atoms with van der Waals surface area (Å²) in [6.45, 7) is 3.07. The average Bonchev–Trinajstić information content (AvgIpc) is 2.39. The maximum atomic E-state index is 5.29. The molecule has 7 heteroatoms. The van der Waals surface area contributed by atoms with E-state index in [2.05, 4.69) is 30.5 Å². The fourth-order valence-corrected chi connectivity index (χ4v) is 1.49. The first-order chi connectivity index (χ1) is 7.83. The van der Waals surface area contributed by atoms with Crippen molar-refractivity contribution in [3.8, 4) is 0 Å². The lowest BCUT2D eigenvalue weighted by Gasteiger charge is -2.26. The van der Waals surface area contributed by atoms with Gasteiger partial charge in [-0.2, -0.15) is 15.0 Å². The van der Waals surface area contributed by atoms with Gasteiger partial charge in [0.1, 0.15) is 0 Å². The Labute approximate surface area is 94.2 Å². The lowest BCUT2D eigenvalue weighted by molar-refractivity contribution is 0.122. The van der Waals surface area contributed by atoms with Crippen LogP contribution in [0.25, 0.3) is 0 Å². The van der Waals surface area contributed by atoms with Crippen LogP contribution in [-0.4, -0.2) is 55.4 Å². The van der Waals surface area contributed by atoms with Crippen molar-refractivity contribution in [3.63, 3.8) is 0 Å². The number of rotatable bonds is 3. The first-order valence-electron chi connectivity index (χ1n) is 5.28. The van der Waals surface area contributed by atoms with Gasteiger partial charge in [0.2, 0.25) is 17.8 Å². The van der Waals surface area contributed by atoms with Crippen molar-refractivity contribution in [2.75, 3.05) is 55.9 Å². The third-order valence-corrected chi connectivity index (χ3v) is 2.36. The second-order valence-electron chi connectivity index (χ2n) is 3.38. The Bertz CT molecular complexity index is 330. The predicted octanol–water partition coefficient (Wildman–Crippen LogP) is -0.208. The predicted molar refractivity (Wildman–Crippen MR) is 62.0 cm³/mol. The van der Waals surface area contributed by atoms with Gasteiger partial charge in [-0.05, 0) is 0 Å². The Morgan fingerprint density at radius 1 is 1.00 bits per heavy atom. The van der Waals surface area contributed by atoms with Crippen LogP contribution in [0.3, 0.4) is 0 Å². The van der Waals surface area contributed by atoms with Gasteiger partial charge in [0, 0.05) is 27.2 Å². The molecule has 2 rings (SSSR count). The van der Waals surface area contributed by atoms with Crippen molar-refractivity contribution < 1.29 is 4.74 Å². The summed E-state index contributed by atoms with van der Waals surface area (Å²) in [7, 11) is 3.58. The van der Waals surface area contributed by atoms with Gasteiger partial charge >= 0.3 is 0 Å². The topological polar surface area (TPSA) is 75.2 Å². The minimum atomic E-state index is 0.570. The normalized spacial score (nSPS) is 16.0. The largest absolute Gasteiger partial charge is 0.378 e. The molecule has 0 amide bonds. The van der Waals surface area contributed by atoms with E-state index < -0.39 is 0 Å². The van der Waals surface area contributed by atoms with Crippen LogP contribution >= 0.6 is 0 Å². The van der Waals surface area contributed by atoms with Crippen LogP contribution in [0.15, 0.2) is 0 Å². The van der Waals surface area contributed by atoms with Crippen molar-refractivity contribution in [3.05, 3.63) is 0 Å². The Kier molecular flexibility index (Phi) is 3.35. The van der Waals surface area contributed by atoms with E-state index in [-0.39, 0.29) is 0 Å². The summed E-state index contributed by atoms with van der Waals surface area (Å²) in [5.74, 6) is 1.83. The summed E-state index contributed by atoms with van der Waals surface area (Å²) in [4.78, 5) is 14.9.